The van der Waals surface area contributed by atoms with Crippen LogP contribution in [0, 0.1) is 0 Å². The van der Waals surface area contributed by atoms with Crippen molar-refractivity contribution in [2.24, 2.45) is 0 Å². The normalized spacial score (nSPS) is 19.8. The van der Waals surface area contributed by atoms with Crippen LogP contribution in [0.1, 0.15) is 19.8 Å². The summed E-state index contributed by atoms with van der Waals surface area (Å²) in [5, 5.41) is 5.68. The molecule has 0 bridgehead atoms. The Hall–Kier alpha value is -1.75. The molecule has 5 heteroatoms. The van der Waals surface area contributed by atoms with Crippen LogP contribution >= 0.6 is 0 Å². The van der Waals surface area contributed by atoms with Gasteiger partial charge in [0.1, 0.15) is 5.75 Å². The second kappa shape index (κ2) is 6.43. The summed E-state index contributed by atoms with van der Waals surface area (Å²) in [6.07, 6.45) is 2.19. The molecule has 0 saturated carbocycles. The molecule has 104 valence electrons. The summed E-state index contributed by atoms with van der Waals surface area (Å²) in [5.74, 6) is 0.713. The third kappa shape index (κ3) is 3.86. The highest BCUT2D eigenvalue weighted by Crippen LogP contribution is 2.17. The molecule has 1 aromatic rings. The maximum atomic E-state index is 11.9. The SMILES string of the molecule is COc1cccc(NC(=O)N[C@@H](C)[C@@H]2CCCO2)c1. The van der Waals surface area contributed by atoms with Gasteiger partial charge in [0, 0.05) is 18.4 Å². The quantitative estimate of drug-likeness (QED) is 0.877. The number of hydrogen-bond acceptors (Lipinski definition) is 3. The van der Waals surface area contributed by atoms with E-state index in [-0.39, 0.29) is 18.2 Å². The van der Waals surface area contributed by atoms with Crippen LogP contribution in [-0.4, -0.2) is 31.9 Å². The Morgan fingerprint density at radius 1 is 1.53 bits per heavy atom. The first-order valence-electron chi connectivity index (χ1n) is 6.52. The fourth-order valence-electron chi connectivity index (χ4n) is 2.16. The number of rotatable bonds is 4. The van der Waals surface area contributed by atoms with Crippen LogP contribution in [0.15, 0.2) is 24.3 Å². The number of amides is 2. The van der Waals surface area contributed by atoms with Gasteiger partial charge in [-0.3, -0.25) is 0 Å². The van der Waals surface area contributed by atoms with E-state index >= 15 is 0 Å². The lowest BCUT2D eigenvalue weighted by Gasteiger charge is -2.20. The molecule has 1 heterocycles. The Kier molecular flexibility index (Phi) is 4.63. The lowest BCUT2D eigenvalue weighted by molar-refractivity contribution is 0.0868. The molecule has 2 atom stereocenters. The van der Waals surface area contributed by atoms with Gasteiger partial charge in [0.2, 0.25) is 0 Å². The summed E-state index contributed by atoms with van der Waals surface area (Å²) in [4.78, 5) is 11.9. The van der Waals surface area contributed by atoms with Crippen molar-refractivity contribution in [3.63, 3.8) is 0 Å². The zero-order valence-electron chi connectivity index (χ0n) is 11.3. The van der Waals surface area contributed by atoms with Crippen LogP contribution in [0.2, 0.25) is 0 Å². The third-order valence-corrected chi connectivity index (χ3v) is 3.21. The molecule has 5 nitrogen and oxygen atoms in total. The van der Waals surface area contributed by atoms with E-state index in [1.54, 1.807) is 13.2 Å². The van der Waals surface area contributed by atoms with Crippen molar-refractivity contribution in [2.45, 2.75) is 31.9 Å². The highest BCUT2D eigenvalue weighted by atomic mass is 16.5. The van der Waals surface area contributed by atoms with Gasteiger partial charge in [-0.25, -0.2) is 4.79 Å². The molecule has 0 unspecified atom stereocenters. The van der Waals surface area contributed by atoms with Crippen molar-refractivity contribution in [2.75, 3.05) is 19.0 Å². The minimum absolute atomic E-state index is 0.00751. The predicted octanol–water partition coefficient (Wildman–Crippen LogP) is 2.38. The van der Waals surface area contributed by atoms with Crippen LogP contribution in [0.25, 0.3) is 0 Å². The summed E-state index contributed by atoms with van der Waals surface area (Å²) < 4.78 is 10.6. The van der Waals surface area contributed by atoms with Gasteiger partial charge in [-0.15, -0.1) is 0 Å². The third-order valence-electron chi connectivity index (χ3n) is 3.21. The minimum Gasteiger partial charge on any atom is -0.497 e. The van der Waals surface area contributed by atoms with Gasteiger partial charge in [0.25, 0.3) is 0 Å². The Morgan fingerprint density at radius 3 is 3.05 bits per heavy atom. The molecule has 1 aliphatic rings. The van der Waals surface area contributed by atoms with Crippen LogP contribution in [-0.2, 0) is 4.74 Å². The van der Waals surface area contributed by atoms with E-state index in [1.807, 2.05) is 25.1 Å². The number of benzene rings is 1. The van der Waals surface area contributed by atoms with Crippen molar-refractivity contribution in [3.05, 3.63) is 24.3 Å². The summed E-state index contributed by atoms with van der Waals surface area (Å²) in [6, 6.07) is 7.04. The van der Waals surface area contributed by atoms with E-state index in [9.17, 15) is 4.79 Å². The van der Waals surface area contributed by atoms with E-state index in [0.29, 0.717) is 11.4 Å². The van der Waals surface area contributed by atoms with Crippen LogP contribution in [0.5, 0.6) is 5.75 Å². The Labute approximate surface area is 113 Å². The van der Waals surface area contributed by atoms with Crippen LogP contribution in [0.3, 0.4) is 0 Å². The van der Waals surface area contributed by atoms with Gasteiger partial charge in [-0.2, -0.15) is 0 Å². The largest absolute Gasteiger partial charge is 0.497 e. The summed E-state index contributed by atoms with van der Waals surface area (Å²) in [7, 11) is 1.60. The van der Waals surface area contributed by atoms with Crippen molar-refractivity contribution >= 4 is 11.7 Å². The van der Waals surface area contributed by atoms with Crippen molar-refractivity contribution in [3.8, 4) is 5.75 Å². The Bertz CT molecular complexity index is 430. The van der Waals surface area contributed by atoms with Crippen molar-refractivity contribution < 1.29 is 14.3 Å². The molecule has 1 fully saturated rings. The lowest BCUT2D eigenvalue weighted by atomic mass is 10.1. The summed E-state index contributed by atoms with van der Waals surface area (Å²) >= 11 is 0. The van der Waals surface area contributed by atoms with Gasteiger partial charge in [0.05, 0.1) is 19.3 Å². The van der Waals surface area contributed by atoms with E-state index in [1.165, 1.54) is 0 Å². The summed E-state index contributed by atoms with van der Waals surface area (Å²) in [6.45, 7) is 2.75. The number of carbonyl (C=O) groups excluding carboxylic acids is 1. The Morgan fingerprint density at radius 2 is 2.37 bits per heavy atom. The van der Waals surface area contributed by atoms with E-state index in [0.717, 1.165) is 19.4 Å². The number of hydrogen-bond donors (Lipinski definition) is 2. The fraction of sp³-hybridized carbons (Fsp3) is 0.500. The first-order chi connectivity index (χ1) is 9.19. The van der Waals surface area contributed by atoms with Gasteiger partial charge in [-0.05, 0) is 31.9 Å². The first-order valence-corrected chi connectivity index (χ1v) is 6.52. The van der Waals surface area contributed by atoms with Crippen molar-refractivity contribution in [1.82, 2.24) is 5.32 Å². The second-order valence-corrected chi connectivity index (χ2v) is 4.67. The van der Waals surface area contributed by atoms with Crippen molar-refractivity contribution in [1.29, 1.82) is 0 Å². The number of carbonyl (C=O) groups is 1. The maximum absolute atomic E-state index is 11.9. The summed E-state index contributed by atoms with van der Waals surface area (Å²) in [5.41, 5.74) is 0.705. The topological polar surface area (TPSA) is 59.6 Å². The number of urea groups is 1. The number of anilines is 1. The first kappa shape index (κ1) is 13.7. The molecular weight excluding hydrogens is 244 g/mol. The molecule has 19 heavy (non-hydrogen) atoms. The predicted molar refractivity (Wildman–Crippen MR) is 73.6 cm³/mol. The van der Waals surface area contributed by atoms with Gasteiger partial charge in [0.15, 0.2) is 0 Å². The second-order valence-electron chi connectivity index (χ2n) is 4.67. The number of ether oxygens (including phenoxy) is 2. The molecule has 0 radical (unpaired) electrons. The van der Waals surface area contributed by atoms with E-state index in [2.05, 4.69) is 10.6 Å². The highest BCUT2D eigenvalue weighted by molar-refractivity contribution is 5.89. The number of nitrogens with one attached hydrogen (secondary N) is 2. The smallest absolute Gasteiger partial charge is 0.319 e. The van der Waals surface area contributed by atoms with Gasteiger partial charge in [-0.1, -0.05) is 6.07 Å². The molecule has 0 spiro atoms. The molecule has 2 rings (SSSR count). The molecule has 0 aliphatic carbocycles. The Balaban J connectivity index is 1.86. The standard InChI is InChI=1S/C14H20N2O3/c1-10(13-7-4-8-19-13)15-14(17)16-11-5-3-6-12(9-11)18-2/h3,5-6,9-10,13H,4,7-8H2,1-2H3,(H2,15,16,17)/t10-,13-/m0/s1. The van der Waals surface area contributed by atoms with E-state index in [4.69, 9.17) is 9.47 Å². The van der Waals surface area contributed by atoms with Crippen LogP contribution in [0.4, 0.5) is 10.5 Å². The molecule has 0 aromatic heterocycles. The van der Waals surface area contributed by atoms with Gasteiger partial charge >= 0.3 is 6.03 Å². The highest BCUT2D eigenvalue weighted by Gasteiger charge is 2.23. The maximum Gasteiger partial charge on any atom is 0.319 e. The van der Waals surface area contributed by atoms with E-state index < -0.39 is 0 Å². The lowest BCUT2D eigenvalue weighted by Crippen LogP contribution is -2.42. The fourth-order valence-corrected chi connectivity index (χ4v) is 2.16. The molecule has 2 N–H and O–H groups in total. The molecule has 1 aromatic carbocycles. The molecule has 1 saturated heterocycles. The zero-order valence-corrected chi connectivity index (χ0v) is 11.3. The average molecular weight is 264 g/mol. The molecular formula is C14H20N2O3. The zero-order chi connectivity index (χ0) is 13.7. The van der Waals surface area contributed by atoms with Gasteiger partial charge < -0.3 is 20.1 Å². The monoisotopic (exact) mass is 264 g/mol. The number of methoxy groups -OCH3 is 1. The minimum atomic E-state index is -0.226. The molecule has 1 aliphatic heterocycles. The van der Waals surface area contributed by atoms with Crippen LogP contribution < -0.4 is 15.4 Å². The average Bonchev–Trinajstić information content (AvgIpc) is 2.92. The molecule has 2 amide bonds.